The lowest BCUT2D eigenvalue weighted by Gasteiger charge is -2.33. The van der Waals surface area contributed by atoms with E-state index >= 15 is 0 Å². The number of carbonyl (C=O) groups excluding carboxylic acids is 2. The molecule has 0 radical (unpaired) electrons. The summed E-state index contributed by atoms with van der Waals surface area (Å²) in [5.41, 5.74) is 0.925. The van der Waals surface area contributed by atoms with Crippen LogP contribution in [0.1, 0.15) is 28.4 Å². The fourth-order valence-electron chi connectivity index (χ4n) is 2.59. The molecule has 1 atom stereocenters. The molecule has 0 aliphatic carbocycles. The number of nitrogens with one attached hydrogen (secondary N) is 1. The van der Waals surface area contributed by atoms with Crippen LogP contribution in [0.25, 0.3) is 0 Å². The summed E-state index contributed by atoms with van der Waals surface area (Å²) >= 11 is 0. The molecule has 0 fully saturated rings. The van der Waals surface area contributed by atoms with E-state index in [4.69, 9.17) is 10.00 Å². The van der Waals surface area contributed by atoms with Crippen LogP contribution in [0.4, 0.5) is 5.69 Å². The molecule has 1 amide bonds. The van der Waals surface area contributed by atoms with Crippen LogP contribution < -0.4 is 5.32 Å². The van der Waals surface area contributed by atoms with Crippen molar-refractivity contribution in [1.29, 1.82) is 5.26 Å². The monoisotopic (exact) mass is 306 g/mol. The van der Waals surface area contributed by atoms with Gasteiger partial charge in [0.15, 0.2) is 5.60 Å². The number of rotatable bonds is 2. The molecule has 0 aromatic heterocycles. The first-order valence-electron chi connectivity index (χ1n) is 7.15. The minimum atomic E-state index is -1.28. The van der Waals surface area contributed by atoms with E-state index in [9.17, 15) is 9.59 Å². The molecule has 5 heteroatoms. The molecule has 1 aliphatic rings. The fourth-order valence-corrected chi connectivity index (χ4v) is 2.59. The molecule has 2 aromatic rings. The molecule has 2 aromatic carbocycles. The van der Waals surface area contributed by atoms with Gasteiger partial charge in [-0.25, -0.2) is 4.79 Å². The van der Waals surface area contributed by atoms with Gasteiger partial charge in [-0.1, -0.05) is 24.3 Å². The van der Waals surface area contributed by atoms with Crippen LogP contribution in [-0.2, 0) is 16.0 Å². The smallest absolute Gasteiger partial charge is 0.339 e. The minimum Gasteiger partial charge on any atom is -0.445 e. The lowest BCUT2D eigenvalue weighted by atomic mass is 9.89. The highest BCUT2D eigenvalue weighted by Crippen LogP contribution is 2.29. The molecule has 0 spiro atoms. The Balaban J connectivity index is 1.85. The average Bonchev–Trinajstić information content (AvgIpc) is 2.55. The first-order chi connectivity index (χ1) is 11.0. The van der Waals surface area contributed by atoms with Crippen molar-refractivity contribution in [3.05, 3.63) is 65.2 Å². The van der Waals surface area contributed by atoms with E-state index in [1.807, 2.05) is 18.2 Å². The zero-order valence-electron chi connectivity index (χ0n) is 12.5. The topological polar surface area (TPSA) is 79.2 Å². The quantitative estimate of drug-likeness (QED) is 0.865. The van der Waals surface area contributed by atoms with E-state index in [1.54, 1.807) is 43.3 Å². The van der Waals surface area contributed by atoms with Crippen molar-refractivity contribution >= 4 is 17.6 Å². The second kappa shape index (κ2) is 5.58. The molecule has 23 heavy (non-hydrogen) atoms. The van der Waals surface area contributed by atoms with Gasteiger partial charge in [0, 0.05) is 12.1 Å². The third-order valence-corrected chi connectivity index (χ3v) is 3.81. The van der Waals surface area contributed by atoms with Crippen LogP contribution in [-0.4, -0.2) is 17.5 Å². The predicted octanol–water partition coefficient (Wildman–Crippen LogP) is 2.67. The van der Waals surface area contributed by atoms with Gasteiger partial charge in [-0.2, -0.15) is 5.26 Å². The molecule has 3 rings (SSSR count). The lowest BCUT2D eigenvalue weighted by Crippen LogP contribution is -2.48. The number of hydrogen-bond acceptors (Lipinski definition) is 4. The van der Waals surface area contributed by atoms with Crippen molar-refractivity contribution in [3.63, 3.8) is 0 Å². The van der Waals surface area contributed by atoms with Crippen molar-refractivity contribution in [2.45, 2.75) is 18.9 Å². The second-order valence-electron chi connectivity index (χ2n) is 5.60. The molecule has 0 bridgehead atoms. The Kier molecular flexibility index (Phi) is 3.59. The number of ether oxygens (including phenoxy) is 1. The normalized spacial score (nSPS) is 19.2. The zero-order valence-corrected chi connectivity index (χ0v) is 12.5. The maximum absolute atomic E-state index is 12.6. The van der Waals surface area contributed by atoms with Crippen molar-refractivity contribution < 1.29 is 14.3 Å². The zero-order chi connectivity index (χ0) is 16.4. The van der Waals surface area contributed by atoms with Gasteiger partial charge in [0.05, 0.1) is 17.2 Å². The Labute approximate surface area is 133 Å². The number of benzene rings is 2. The number of anilines is 1. The van der Waals surface area contributed by atoms with Crippen molar-refractivity contribution in [3.8, 4) is 6.07 Å². The number of amides is 1. The van der Waals surface area contributed by atoms with Crippen LogP contribution in [0.2, 0.25) is 0 Å². The van der Waals surface area contributed by atoms with E-state index in [0.29, 0.717) is 23.2 Å². The van der Waals surface area contributed by atoms with Crippen molar-refractivity contribution in [2.24, 2.45) is 0 Å². The Morgan fingerprint density at radius 2 is 2.04 bits per heavy atom. The fraction of sp³-hybridized carbons (Fsp3) is 0.167. The van der Waals surface area contributed by atoms with Gasteiger partial charge in [-0.15, -0.1) is 0 Å². The number of esters is 1. The molecular formula is C18H14N2O3. The third kappa shape index (κ3) is 2.79. The summed E-state index contributed by atoms with van der Waals surface area (Å²) in [6.07, 6.45) is 0.304. The number of nitriles is 1. The first-order valence-corrected chi connectivity index (χ1v) is 7.15. The maximum atomic E-state index is 12.6. The summed E-state index contributed by atoms with van der Waals surface area (Å²) in [7, 11) is 0. The maximum Gasteiger partial charge on any atom is 0.339 e. The molecule has 1 N–H and O–H groups in total. The molecule has 1 aliphatic heterocycles. The predicted molar refractivity (Wildman–Crippen MR) is 83.8 cm³/mol. The number of cyclic esters (lactones) is 1. The van der Waals surface area contributed by atoms with Crippen molar-refractivity contribution in [2.75, 3.05) is 5.32 Å². The van der Waals surface area contributed by atoms with E-state index in [1.165, 1.54) is 0 Å². The highest BCUT2D eigenvalue weighted by molar-refractivity contribution is 6.02. The summed E-state index contributed by atoms with van der Waals surface area (Å²) in [5.74, 6) is -0.925. The summed E-state index contributed by atoms with van der Waals surface area (Å²) < 4.78 is 5.37. The number of carbonyl (C=O) groups is 2. The van der Waals surface area contributed by atoms with Crippen LogP contribution >= 0.6 is 0 Å². The van der Waals surface area contributed by atoms with E-state index in [-0.39, 0.29) is 0 Å². The number of hydrogen-bond donors (Lipinski definition) is 1. The minimum absolute atomic E-state index is 0.304. The Hall–Kier alpha value is -3.13. The highest BCUT2D eigenvalue weighted by Gasteiger charge is 2.42. The summed E-state index contributed by atoms with van der Waals surface area (Å²) in [4.78, 5) is 24.7. The first kappa shape index (κ1) is 14.8. The molecule has 0 saturated carbocycles. The molecular weight excluding hydrogens is 292 g/mol. The van der Waals surface area contributed by atoms with Gasteiger partial charge < -0.3 is 10.1 Å². The average molecular weight is 306 g/mol. The van der Waals surface area contributed by atoms with Gasteiger partial charge in [0.1, 0.15) is 0 Å². The highest BCUT2D eigenvalue weighted by atomic mass is 16.6. The largest absolute Gasteiger partial charge is 0.445 e. The standard InChI is InChI=1S/C18H14N2O3/c1-18(10-13-6-2-3-8-15(13)16(21)23-18)17(22)20-14-7-4-5-12(9-14)11-19/h2-9H,10H2,1H3,(H,20,22). The second-order valence-corrected chi connectivity index (χ2v) is 5.60. The van der Waals surface area contributed by atoms with Gasteiger partial charge in [0.2, 0.25) is 0 Å². The van der Waals surface area contributed by atoms with E-state index in [2.05, 4.69) is 5.32 Å². The molecule has 114 valence electrons. The summed E-state index contributed by atoms with van der Waals surface area (Å²) in [6, 6.07) is 15.7. The van der Waals surface area contributed by atoms with E-state index < -0.39 is 17.5 Å². The van der Waals surface area contributed by atoms with Crippen LogP contribution in [0, 0.1) is 11.3 Å². The van der Waals surface area contributed by atoms with E-state index in [0.717, 1.165) is 5.56 Å². The lowest BCUT2D eigenvalue weighted by molar-refractivity contribution is -0.134. The van der Waals surface area contributed by atoms with Gasteiger partial charge in [-0.05, 0) is 36.8 Å². The van der Waals surface area contributed by atoms with Crippen molar-refractivity contribution in [1.82, 2.24) is 0 Å². The Morgan fingerprint density at radius 3 is 2.83 bits per heavy atom. The Bertz CT molecular complexity index is 838. The van der Waals surface area contributed by atoms with Crippen LogP contribution in [0.3, 0.4) is 0 Å². The molecule has 0 saturated heterocycles. The third-order valence-electron chi connectivity index (χ3n) is 3.81. The molecule has 1 unspecified atom stereocenters. The number of fused-ring (bicyclic) bond motifs is 1. The van der Waals surface area contributed by atoms with Gasteiger partial charge in [-0.3, -0.25) is 4.79 Å². The Morgan fingerprint density at radius 1 is 1.26 bits per heavy atom. The van der Waals surface area contributed by atoms with Gasteiger partial charge >= 0.3 is 5.97 Å². The molecule has 5 nitrogen and oxygen atoms in total. The van der Waals surface area contributed by atoms with Crippen LogP contribution in [0.5, 0.6) is 0 Å². The number of nitrogens with zero attached hydrogens (tertiary/aromatic N) is 1. The van der Waals surface area contributed by atoms with Gasteiger partial charge in [0.25, 0.3) is 5.91 Å². The summed E-state index contributed by atoms with van der Waals surface area (Å²) in [5, 5.41) is 11.6. The SMILES string of the molecule is CC1(C(=O)Nc2cccc(C#N)c2)Cc2ccccc2C(=O)O1. The summed E-state index contributed by atoms with van der Waals surface area (Å²) in [6.45, 7) is 1.59. The molecule has 1 heterocycles. The van der Waals surface area contributed by atoms with Crippen LogP contribution in [0.15, 0.2) is 48.5 Å².